The van der Waals surface area contributed by atoms with Gasteiger partial charge >= 0.3 is 0 Å². The Morgan fingerprint density at radius 3 is 2.33 bits per heavy atom. The largest absolute Gasteiger partial charge is 0.497 e. The van der Waals surface area contributed by atoms with Gasteiger partial charge in [-0.05, 0) is 42.3 Å². The Labute approximate surface area is 107 Å². The lowest BCUT2D eigenvalue weighted by Gasteiger charge is -2.11. The smallest absolute Gasteiger partial charge is 0.130 e. The Balaban J connectivity index is 2.55. The van der Waals surface area contributed by atoms with Crippen molar-refractivity contribution in [3.63, 3.8) is 0 Å². The molecule has 0 spiro atoms. The maximum absolute atomic E-state index is 5.88. The summed E-state index contributed by atoms with van der Waals surface area (Å²) in [6.45, 7) is 2.02. The van der Waals surface area contributed by atoms with Gasteiger partial charge in [0, 0.05) is 17.3 Å². The van der Waals surface area contributed by atoms with Crippen molar-refractivity contribution >= 4 is 5.69 Å². The molecule has 0 aliphatic rings. The molecule has 2 N–H and O–H groups in total. The first kappa shape index (κ1) is 12.3. The van der Waals surface area contributed by atoms with E-state index in [0.29, 0.717) is 0 Å². The van der Waals surface area contributed by atoms with E-state index in [1.165, 1.54) is 0 Å². The third-order valence-corrected chi connectivity index (χ3v) is 2.82. The molecule has 0 bridgehead atoms. The van der Waals surface area contributed by atoms with E-state index in [4.69, 9.17) is 15.2 Å². The summed E-state index contributed by atoms with van der Waals surface area (Å²) in [7, 11) is 3.29. The van der Waals surface area contributed by atoms with Crippen molar-refractivity contribution in [2.75, 3.05) is 20.0 Å². The highest BCUT2D eigenvalue weighted by atomic mass is 16.5. The molecule has 0 fully saturated rings. The van der Waals surface area contributed by atoms with Crippen molar-refractivity contribution in [2.24, 2.45) is 0 Å². The van der Waals surface area contributed by atoms with E-state index in [2.05, 4.69) is 6.07 Å². The van der Waals surface area contributed by atoms with Crippen LogP contribution in [0.3, 0.4) is 0 Å². The maximum atomic E-state index is 5.88. The highest BCUT2D eigenvalue weighted by molar-refractivity contribution is 5.74. The molecular weight excluding hydrogens is 226 g/mol. The van der Waals surface area contributed by atoms with Crippen LogP contribution in [-0.4, -0.2) is 14.2 Å². The first-order valence-electron chi connectivity index (χ1n) is 5.73. The SMILES string of the molecule is COc1ccc(-c2cc(C)cc(N)c2)c(OC)c1. The number of anilines is 1. The van der Waals surface area contributed by atoms with Gasteiger partial charge in [-0.25, -0.2) is 0 Å². The summed E-state index contributed by atoms with van der Waals surface area (Å²) in [5.74, 6) is 1.55. The topological polar surface area (TPSA) is 44.5 Å². The van der Waals surface area contributed by atoms with E-state index in [9.17, 15) is 0 Å². The van der Waals surface area contributed by atoms with Crippen LogP contribution in [0.15, 0.2) is 36.4 Å². The molecule has 0 unspecified atom stereocenters. The normalized spacial score (nSPS) is 10.2. The lowest BCUT2D eigenvalue weighted by atomic mass is 10.0. The molecule has 0 heterocycles. The first-order chi connectivity index (χ1) is 8.63. The van der Waals surface area contributed by atoms with Gasteiger partial charge in [-0.3, -0.25) is 0 Å². The van der Waals surface area contributed by atoms with Gasteiger partial charge in [-0.1, -0.05) is 6.07 Å². The van der Waals surface area contributed by atoms with Crippen molar-refractivity contribution in [1.29, 1.82) is 0 Å². The zero-order valence-electron chi connectivity index (χ0n) is 10.9. The molecule has 0 aliphatic carbocycles. The lowest BCUT2D eigenvalue weighted by Crippen LogP contribution is -1.92. The molecule has 0 radical (unpaired) electrons. The molecule has 2 aromatic carbocycles. The molecule has 0 amide bonds. The Morgan fingerprint density at radius 2 is 1.72 bits per heavy atom. The number of methoxy groups -OCH3 is 2. The van der Waals surface area contributed by atoms with Gasteiger partial charge in [0.15, 0.2) is 0 Å². The summed E-state index contributed by atoms with van der Waals surface area (Å²) in [6, 6.07) is 11.7. The third-order valence-electron chi connectivity index (χ3n) is 2.82. The summed E-state index contributed by atoms with van der Waals surface area (Å²) in [5, 5.41) is 0. The fraction of sp³-hybridized carbons (Fsp3) is 0.200. The number of ether oxygens (including phenoxy) is 2. The number of nitrogen functional groups attached to an aromatic ring is 1. The predicted octanol–water partition coefficient (Wildman–Crippen LogP) is 3.26. The van der Waals surface area contributed by atoms with Crippen LogP contribution in [0.2, 0.25) is 0 Å². The van der Waals surface area contributed by atoms with E-state index in [0.717, 1.165) is 33.9 Å². The van der Waals surface area contributed by atoms with Crippen LogP contribution in [0, 0.1) is 6.92 Å². The van der Waals surface area contributed by atoms with Crippen molar-refractivity contribution in [3.8, 4) is 22.6 Å². The minimum absolute atomic E-state index is 0.753. The summed E-state index contributed by atoms with van der Waals surface area (Å²) in [5.41, 5.74) is 9.82. The number of benzene rings is 2. The average molecular weight is 243 g/mol. The van der Waals surface area contributed by atoms with Gasteiger partial charge < -0.3 is 15.2 Å². The number of rotatable bonds is 3. The fourth-order valence-corrected chi connectivity index (χ4v) is 2.01. The minimum Gasteiger partial charge on any atom is -0.497 e. The Hall–Kier alpha value is -2.16. The van der Waals surface area contributed by atoms with Crippen LogP contribution in [0.25, 0.3) is 11.1 Å². The van der Waals surface area contributed by atoms with Crippen LogP contribution in [-0.2, 0) is 0 Å². The van der Waals surface area contributed by atoms with E-state index in [1.54, 1.807) is 14.2 Å². The van der Waals surface area contributed by atoms with E-state index >= 15 is 0 Å². The molecule has 2 rings (SSSR count). The number of aryl methyl sites for hydroxylation is 1. The highest BCUT2D eigenvalue weighted by Crippen LogP contribution is 2.34. The molecule has 94 valence electrons. The molecule has 2 aromatic rings. The number of hydrogen-bond donors (Lipinski definition) is 1. The summed E-state index contributed by atoms with van der Waals surface area (Å²) in [6.07, 6.45) is 0. The van der Waals surface area contributed by atoms with E-state index in [-0.39, 0.29) is 0 Å². The van der Waals surface area contributed by atoms with Gasteiger partial charge in [0.2, 0.25) is 0 Å². The minimum atomic E-state index is 0.753. The molecule has 0 aliphatic heterocycles. The molecule has 18 heavy (non-hydrogen) atoms. The molecule has 0 aromatic heterocycles. The molecule has 3 nitrogen and oxygen atoms in total. The van der Waals surface area contributed by atoms with Crippen LogP contribution in [0.5, 0.6) is 11.5 Å². The van der Waals surface area contributed by atoms with Gasteiger partial charge in [0.1, 0.15) is 11.5 Å². The number of nitrogens with two attached hydrogens (primary N) is 1. The Kier molecular flexibility index (Phi) is 3.42. The standard InChI is InChI=1S/C15H17NO2/c1-10-6-11(8-12(16)7-10)14-5-4-13(17-2)9-15(14)18-3/h4-9H,16H2,1-3H3. The Morgan fingerprint density at radius 1 is 0.944 bits per heavy atom. The van der Waals surface area contributed by atoms with Crippen LogP contribution < -0.4 is 15.2 Å². The summed E-state index contributed by atoms with van der Waals surface area (Å²) >= 11 is 0. The second kappa shape index (κ2) is 5.00. The van der Waals surface area contributed by atoms with Gasteiger partial charge in [0.25, 0.3) is 0 Å². The van der Waals surface area contributed by atoms with Gasteiger partial charge in [-0.15, -0.1) is 0 Å². The number of hydrogen-bond acceptors (Lipinski definition) is 3. The van der Waals surface area contributed by atoms with Crippen LogP contribution in [0.4, 0.5) is 5.69 Å². The van der Waals surface area contributed by atoms with Gasteiger partial charge in [-0.2, -0.15) is 0 Å². The quantitative estimate of drug-likeness (QED) is 0.841. The second-order valence-corrected chi connectivity index (χ2v) is 4.20. The molecule has 0 saturated heterocycles. The highest BCUT2D eigenvalue weighted by Gasteiger charge is 2.08. The first-order valence-corrected chi connectivity index (χ1v) is 5.73. The maximum Gasteiger partial charge on any atom is 0.130 e. The van der Waals surface area contributed by atoms with Gasteiger partial charge in [0.05, 0.1) is 14.2 Å². The zero-order chi connectivity index (χ0) is 13.1. The lowest BCUT2D eigenvalue weighted by molar-refractivity contribution is 0.395. The molecule has 0 atom stereocenters. The molecule has 0 saturated carbocycles. The van der Waals surface area contributed by atoms with Crippen molar-refractivity contribution in [2.45, 2.75) is 6.92 Å². The van der Waals surface area contributed by atoms with E-state index in [1.807, 2.05) is 37.3 Å². The van der Waals surface area contributed by atoms with Crippen molar-refractivity contribution in [3.05, 3.63) is 42.0 Å². The monoisotopic (exact) mass is 243 g/mol. The van der Waals surface area contributed by atoms with Crippen molar-refractivity contribution < 1.29 is 9.47 Å². The van der Waals surface area contributed by atoms with Crippen molar-refractivity contribution in [1.82, 2.24) is 0 Å². The third kappa shape index (κ3) is 2.40. The van der Waals surface area contributed by atoms with E-state index < -0.39 is 0 Å². The molecular formula is C15H17NO2. The van der Waals surface area contributed by atoms with Crippen LogP contribution >= 0.6 is 0 Å². The fourth-order valence-electron chi connectivity index (χ4n) is 2.01. The Bertz CT molecular complexity index is 544. The zero-order valence-corrected chi connectivity index (χ0v) is 10.9. The predicted molar refractivity (Wildman–Crippen MR) is 74.1 cm³/mol. The molecule has 3 heteroatoms. The summed E-state index contributed by atoms with van der Waals surface area (Å²) < 4.78 is 10.6. The average Bonchev–Trinajstić information content (AvgIpc) is 2.36. The van der Waals surface area contributed by atoms with Crippen LogP contribution in [0.1, 0.15) is 5.56 Å². The summed E-state index contributed by atoms with van der Waals surface area (Å²) in [4.78, 5) is 0. The second-order valence-electron chi connectivity index (χ2n) is 4.20.